The fourth-order valence-electron chi connectivity index (χ4n) is 1.96. The van der Waals surface area contributed by atoms with Crippen molar-refractivity contribution in [3.8, 4) is 0 Å². The maximum Gasteiger partial charge on any atom is 0.263 e. The van der Waals surface area contributed by atoms with Gasteiger partial charge in [0.05, 0.1) is 17.2 Å². The molecule has 0 radical (unpaired) electrons. The fraction of sp³-hybridized carbons (Fsp3) is 0.357. The van der Waals surface area contributed by atoms with Gasteiger partial charge in [-0.25, -0.2) is 13.4 Å². The molecule has 0 aliphatic rings. The van der Waals surface area contributed by atoms with E-state index >= 15 is 0 Å². The molecule has 1 aromatic heterocycles. The van der Waals surface area contributed by atoms with Crippen molar-refractivity contribution in [3.63, 3.8) is 0 Å². The lowest BCUT2D eigenvalue weighted by molar-refractivity contribution is 0.281. The first kappa shape index (κ1) is 15.9. The number of thiazole rings is 1. The zero-order valence-electron chi connectivity index (χ0n) is 12.2. The molecule has 0 saturated heterocycles. The lowest BCUT2D eigenvalue weighted by Crippen LogP contribution is -2.13. The number of aromatic nitrogens is 1. The molecule has 0 saturated carbocycles. The van der Waals surface area contributed by atoms with Crippen LogP contribution in [0.15, 0.2) is 23.1 Å². The van der Waals surface area contributed by atoms with Gasteiger partial charge in [0, 0.05) is 4.88 Å². The molecule has 0 aliphatic heterocycles. The van der Waals surface area contributed by atoms with Gasteiger partial charge in [0.1, 0.15) is 0 Å². The summed E-state index contributed by atoms with van der Waals surface area (Å²) in [6.07, 6.45) is 0.767. The second kappa shape index (κ2) is 6.13. The number of nitrogens with zero attached hydrogens (tertiary/aromatic N) is 1. The highest BCUT2D eigenvalue weighted by Crippen LogP contribution is 2.25. The first-order chi connectivity index (χ1) is 9.87. The Morgan fingerprint density at radius 2 is 2.05 bits per heavy atom. The van der Waals surface area contributed by atoms with Crippen LogP contribution in [0.4, 0.5) is 5.13 Å². The third-order valence-corrected chi connectivity index (χ3v) is 5.64. The molecular weight excluding hydrogens is 308 g/mol. The van der Waals surface area contributed by atoms with E-state index in [-0.39, 0.29) is 11.5 Å². The van der Waals surface area contributed by atoms with Gasteiger partial charge in [-0.15, -0.1) is 11.3 Å². The Labute approximate surface area is 128 Å². The molecule has 0 amide bonds. The Bertz CT molecular complexity index is 752. The molecule has 2 aromatic rings. The van der Waals surface area contributed by atoms with Crippen LogP contribution < -0.4 is 4.72 Å². The zero-order valence-corrected chi connectivity index (χ0v) is 13.8. The Hall–Kier alpha value is -1.44. The SMILES string of the molecule is CCc1nc(NS(=O)(=O)c2ccc(C)c(CO)c2)sc1C. The Morgan fingerprint density at radius 1 is 1.33 bits per heavy atom. The van der Waals surface area contributed by atoms with Gasteiger partial charge in [-0.3, -0.25) is 4.72 Å². The van der Waals surface area contributed by atoms with Crippen molar-refractivity contribution in [1.29, 1.82) is 0 Å². The van der Waals surface area contributed by atoms with Crippen LogP contribution >= 0.6 is 11.3 Å². The third kappa shape index (κ3) is 3.42. The number of hydrogen-bond donors (Lipinski definition) is 2. The first-order valence-corrected chi connectivity index (χ1v) is 8.87. The molecule has 21 heavy (non-hydrogen) atoms. The average Bonchev–Trinajstić information content (AvgIpc) is 2.78. The van der Waals surface area contributed by atoms with Crippen molar-refractivity contribution >= 4 is 26.5 Å². The second-order valence-electron chi connectivity index (χ2n) is 4.73. The van der Waals surface area contributed by atoms with Crippen molar-refractivity contribution in [3.05, 3.63) is 39.9 Å². The van der Waals surface area contributed by atoms with Crippen LogP contribution in [-0.4, -0.2) is 18.5 Å². The predicted octanol–water partition coefficient (Wildman–Crippen LogP) is 2.62. The topological polar surface area (TPSA) is 79.3 Å². The van der Waals surface area contributed by atoms with E-state index in [4.69, 9.17) is 0 Å². The van der Waals surface area contributed by atoms with E-state index in [0.717, 1.165) is 22.6 Å². The van der Waals surface area contributed by atoms with Crippen molar-refractivity contribution in [2.45, 2.75) is 38.7 Å². The van der Waals surface area contributed by atoms with Gasteiger partial charge in [0.2, 0.25) is 0 Å². The highest BCUT2D eigenvalue weighted by atomic mass is 32.2. The molecule has 1 heterocycles. The van der Waals surface area contributed by atoms with Gasteiger partial charge in [0.15, 0.2) is 5.13 Å². The highest BCUT2D eigenvalue weighted by Gasteiger charge is 2.18. The van der Waals surface area contributed by atoms with Crippen LogP contribution in [0.1, 0.15) is 28.6 Å². The predicted molar refractivity (Wildman–Crippen MR) is 84.1 cm³/mol. The van der Waals surface area contributed by atoms with Gasteiger partial charge in [0.25, 0.3) is 10.0 Å². The molecule has 0 atom stereocenters. The Morgan fingerprint density at radius 3 is 2.62 bits per heavy atom. The number of aliphatic hydroxyl groups is 1. The number of rotatable bonds is 5. The molecule has 0 spiro atoms. The van der Waals surface area contributed by atoms with E-state index in [1.807, 2.05) is 20.8 Å². The summed E-state index contributed by atoms with van der Waals surface area (Å²) in [5.41, 5.74) is 2.36. The number of sulfonamides is 1. The van der Waals surface area contributed by atoms with Gasteiger partial charge in [-0.1, -0.05) is 13.0 Å². The number of benzene rings is 1. The molecule has 114 valence electrons. The van der Waals surface area contributed by atoms with E-state index in [1.165, 1.54) is 23.5 Å². The summed E-state index contributed by atoms with van der Waals surface area (Å²) in [6.45, 7) is 5.54. The zero-order chi connectivity index (χ0) is 15.6. The number of anilines is 1. The van der Waals surface area contributed by atoms with Crippen LogP contribution in [0.3, 0.4) is 0 Å². The summed E-state index contributed by atoms with van der Waals surface area (Å²) >= 11 is 1.32. The van der Waals surface area contributed by atoms with Crippen LogP contribution in [0.2, 0.25) is 0 Å². The average molecular weight is 326 g/mol. The summed E-state index contributed by atoms with van der Waals surface area (Å²) in [6, 6.07) is 4.70. The van der Waals surface area contributed by atoms with E-state index in [1.54, 1.807) is 6.07 Å². The van der Waals surface area contributed by atoms with Crippen molar-refractivity contribution in [2.75, 3.05) is 4.72 Å². The molecule has 0 fully saturated rings. The first-order valence-electron chi connectivity index (χ1n) is 6.57. The number of aryl methyl sites for hydroxylation is 3. The van der Waals surface area contributed by atoms with Gasteiger partial charge in [-0.05, 0) is 43.5 Å². The molecule has 1 aromatic carbocycles. The smallest absolute Gasteiger partial charge is 0.263 e. The van der Waals surface area contributed by atoms with Gasteiger partial charge < -0.3 is 5.11 Å². The third-order valence-electron chi connectivity index (χ3n) is 3.25. The Kier molecular flexibility index (Phi) is 4.65. The van der Waals surface area contributed by atoms with E-state index in [2.05, 4.69) is 9.71 Å². The lowest BCUT2D eigenvalue weighted by Gasteiger charge is -2.08. The molecule has 2 rings (SSSR count). The molecule has 5 nitrogen and oxygen atoms in total. The van der Waals surface area contributed by atoms with Crippen molar-refractivity contribution in [1.82, 2.24) is 4.98 Å². The summed E-state index contributed by atoms with van der Waals surface area (Å²) in [4.78, 5) is 5.42. The summed E-state index contributed by atoms with van der Waals surface area (Å²) in [5, 5.41) is 9.62. The fourth-order valence-corrected chi connectivity index (χ4v) is 4.15. The summed E-state index contributed by atoms with van der Waals surface area (Å²) in [5.74, 6) is 0. The molecule has 0 unspecified atom stereocenters. The largest absolute Gasteiger partial charge is 0.392 e. The molecule has 7 heteroatoms. The summed E-state index contributed by atoms with van der Waals surface area (Å²) < 4.78 is 27.2. The maximum atomic E-state index is 12.4. The molecule has 0 aliphatic carbocycles. The highest BCUT2D eigenvalue weighted by molar-refractivity contribution is 7.93. The van der Waals surface area contributed by atoms with Gasteiger partial charge in [-0.2, -0.15) is 0 Å². The molecule has 0 bridgehead atoms. The minimum Gasteiger partial charge on any atom is -0.392 e. The molecular formula is C14H18N2O3S2. The van der Waals surface area contributed by atoms with Gasteiger partial charge >= 0.3 is 0 Å². The van der Waals surface area contributed by atoms with E-state index < -0.39 is 10.0 Å². The number of aliphatic hydroxyl groups excluding tert-OH is 1. The van der Waals surface area contributed by atoms with Crippen LogP contribution in [0, 0.1) is 13.8 Å². The number of nitrogens with one attached hydrogen (secondary N) is 1. The lowest BCUT2D eigenvalue weighted by atomic mass is 10.1. The van der Waals surface area contributed by atoms with Crippen LogP contribution in [-0.2, 0) is 23.1 Å². The quantitative estimate of drug-likeness (QED) is 0.885. The normalized spacial score (nSPS) is 11.6. The monoisotopic (exact) mass is 326 g/mol. The standard InChI is InChI=1S/C14H18N2O3S2/c1-4-13-10(3)20-14(15-13)16-21(18,19)12-6-5-9(2)11(7-12)8-17/h5-7,17H,4,8H2,1-3H3,(H,15,16). The summed E-state index contributed by atoms with van der Waals surface area (Å²) in [7, 11) is -3.69. The van der Waals surface area contributed by atoms with Crippen molar-refractivity contribution in [2.24, 2.45) is 0 Å². The van der Waals surface area contributed by atoms with Crippen LogP contribution in [0.25, 0.3) is 0 Å². The van der Waals surface area contributed by atoms with E-state index in [9.17, 15) is 13.5 Å². The number of hydrogen-bond acceptors (Lipinski definition) is 5. The minimum atomic E-state index is -3.69. The molecule has 2 N–H and O–H groups in total. The van der Waals surface area contributed by atoms with Crippen LogP contribution in [0.5, 0.6) is 0 Å². The van der Waals surface area contributed by atoms with E-state index in [0.29, 0.717) is 10.7 Å². The minimum absolute atomic E-state index is 0.128. The maximum absolute atomic E-state index is 12.4. The van der Waals surface area contributed by atoms with Crippen molar-refractivity contribution < 1.29 is 13.5 Å². The second-order valence-corrected chi connectivity index (χ2v) is 7.61. The Balaban J connectivity index is 2.33.